The van der Waals surface area contributed by atoms with E-state index in [0.29, 0.717) is 30.8 Å². The van der Waals surface area contributed by atoms with Crippen molar-refractivity contribution in [1.29, 1.82) is 0 Å². The van der Waals surface area contributed by atoms with Crippen LogP contribution in [0.3, 0.4) is 0 Å². The summed E-state index contributed by atoms with van der Waals surface area (Å²) >= 11 is 0. The number of hydrogen-bond acceptors (Lipinski definition) is 4. The maximum absolute atomic E-state index is 13.6. The standard InChI is InChI=1S/C20H23FN4O2/c1-14-5-6-15(10-17(14)21)12-24-19(26)11-18-20(27)23-8-9-25(18)13-16-4-2-3-7-22-16/h2-7,10,18H,8-9,11-13H2,1H3,(H,23,27)(H,24,26)/t18-/m0/s1. The molecule has 142 valence electrons. The quantitative estimate of drug-likeness (QED) is 0.809. The van der Waals surface area contributed by atoms with Crippen molar-refractivity contribution in [2.45, 2.75) is 32.5 Å². The number of nitrogens with zero attached hydrogens (tertiary/aromatic N) is 2. The SMILES string of the molecule is Cc1ccc(CNC(=O)C[C@H]2C(=O)NCCN2Cc2ccccn2)cc1F. The molecule has 0 aliphatic carbocycles. The molecule has 0 unspecified atom stereocenters. The number of halogens is 1. The Morgan fingerprint density at radius 1 is 1.37 bits per heavy atom. The van der Waals surface area contributed by atoms with Crippen LogP contribution in [0.4, 0.5) is 4.39 Å². The lowest BCUT2D eigenvalue weighted by molar-refractivity contribution is -0.134. The van der Waals surface area contributed by atoms with Crippen molar-refractivity contribution in [2.24, 2.45) is 0 Å². The van der Waals surface area contributed by atoms with Crippen LogP contribution in [-0.4, -0.2) is 40.8 Å². The first-order chi connectivity index (χ1) is 13.0. The fourth-order valence-corrected chi connectivity index (χ4v) is 3.07. The highest BCUT2D eigenvalue weighted by molar-refractivity contribution is 5.88. The highest BCUT2D eigenvalue weighted by Crippen LogP contribution is 2.13. The molecule has 2 N–H and O–H groups in total. The molecule has 7 heteroatoms. The minimum absolute atomic E-state index is 0.0486. The van der Waals surface area contributed by atoms with Gasteiger partial charge in [0.1, 0.15) is 5.82 Å². The fraction of sp³-hybridized carbons (Fsp3) is 0.350. The van der Waals surface area contributed by atoms with E-state index in [1.165, 1.54) is 6.07 Å². The topological polar surface area (TPSA) is 74.3 Å². The molecule has 2 heterocycles. The molecular weight excluding hydrogens is 347 g/mol. The van der Waals surface area contributed by atoms with Gasteiger partial charge in [-0.2, -0.15) is 0 Å². The Labute approximate surface area is 157 Å². The Morgan fingerprint density at radius 2 is 2.22 bits per heavy atom. The summed E-state index contributed by atoms with van der Waals surface area (Å²) in [6.07, 6.45) is 1.76. The average molecular weight is 370 g/mol. The maximum Gasteiger partial charge on any atom is 0.237 e. The third-order valence-electron chi connectivity index (χ3n) is 4.64. The molecule has 1 aliphatic rings. The number of aromatic nitrogens is 1. The van der Waals surface area contributed by atoms with Crippen molar-refractivity contribution >= 4 is 11.8 Å². The monoisotopic (exact) mass is 370 g/mol. The lowest BCUT2D eigenvalue weighted by atomic mass is 10.1. The number of pyridine rings is 1. The summed E-state index contributed by atoms with van der Waals surface area (Å²) in [5.74, 6) is -0.701. The number of amides is 2. The summed E-state index contributed by atoms with van der Waals surface area (Å²) < 4.78 is 13.6. The van der Waals surface area contributed by atoms with E-state index in [4.69, 9.17) is 0 Å². The van der Waals surface area contributed by atoms with Gasteiger partial charge in [-0.1, -0.05) is 18.2 Å². The number of nitrogens with one attached hydrogen (secondary N) is 2. The predicted octanol–water partition coefficient (Wildman–Crippen LogP) is 1.54. The normalized spacial score (nSPS) is 17.4. The lowest BCUT2D eigenvalue weighted by Gasteiger charge is -2.34. The number of carbonyl (C=O) groups is 2. The zero-order valence-corrected chi connectivity index (χ0v) is 15.2. The first-order valence-electron chi connectivity index (χ1n) is 8.96. The van der Waals surface area contributed by atoms with Gasteiger partial charge in [0.2, 0.25) is 11.8 Å². The van der Waals surface area contributed by atoms with Crippen LogP contribution in [0.5, 0.6) is 0 Å². The molecule has 0 radical (unpaired) electrons. The molecule has 3 rings (SSSR count). The minimum atomic E-state index is -0.546. The van der Waals surface area contributed by atoms with E-state index in [1.807, 2.05) is 23.1 Å². The zero-order valence-electron chi connectivity index (χ0n) is 15.2. The van der Waals surface area contributed by atoms with Crippen LogP contribution in [0.2, 0.25) is 0 Å². The molecule has 1 atom stereocenters. The molecule has 1 aromatic carbocycles. The van der Waals surface area contributed by atoms with E-state index in [1.54, 1.807) is 25.3 Å². The van der Waals surface area contributed by atoms with Gasteiger partial charge >= 0.3 is 0 Å². The van der Waals surface area contributed by atoms with E-state index >= 15 is 0 Å². The molecule has 1 saturated heterocycles. The zero-order chi connectivity index (χ0) is 19.2. The van der Waals surface area contributed by atoms with Crippen LogP contribution in [-0.2, 0) is 22.7 Å². The number of carbonyl (C=O) groups excluding carboxylic acids is 2. The summed E-state index contributed by atoms with van der Waals surface area (Å²) in [5, 5.41) is 5.58. The smallest absolute Gasteiger partial charge is 0.237 e. The number of piperazine rings is 1. The maximum atomic E-state index is 13.6. The van der Waals surface area contributed by atoms with Gasteiger partial charge in [0.25, 0.3) is 0 Å². The van der Waals surface area contributed by atoms with Crippen LogP contribution in [0.25, 0.3) is 0 Å². The van der Waals surface area contributed by atoms with Gasteiger partial charge in [0.15, 0.2) is 0 Å². The van der Waals surface area contributed by atoms with Crippen LogP contribution in [0, 0.1) is 12.7 Å². The Bertz CT molecular complexity index is 813. The third kappa shape index (κ3) is 5.10. The van der Waals surface area contributed by atoms with Crippen LogP contribution in [0.15, 0.2) is 42.6 Å². The summed E-state index contributed by atoms with van der Waals surface area (Å²) in [6.45, 7) is 3.63. The van der Waals surface area contributed by atoms with Gasteiger partial charge in [-0.3, -0.25) is 19.5 Å². The van der Waals surface area contributed by atoms with E-state index in [0.717, 1.165) is 5.69 Å². The molecule has 2 aromatic rings. The van der Waals surface area contributed by atoms with Crippen molar-refractivity contribution < 1.29 is 14.0 Å². The number of hydrogen-bond donors (Lipinski definition) is 2. The van der Waals surface area contributed by atoms with Gasteiger partial charge in [-0.15, -0.1) is 0 Å². The highest BCUT2D eigenvalue weighted by Gasteiger charge is 2.31. The largest absolute Gasteiger partial charge is 0.353 e. The molecule has 1 aromatic heterocycles. The Hall–Kier alpha value is -2.80. The van der Waals surface area contributed by atoms with Gasteiger partial charge in [0.05, 0.1) is 18.2 Å². The Balaban J connectivity index is 1.59. The van der Waals surface area contributed by atoms with Gasteiger partial charge in [0, 0.05) is 32.4 Å². The minimum Gasteiger partial charge on any atom is -0.353 e. The summed E-state index contributed by atoms with van der Waals surface area (Å²) in [4.78, 5) is 30.9. The molecular formula is C20H23FN4O2. The van der Waals surface area contributed by atoms with Crippen molar-refractivity contribution in [2.75, 3.05) is 13.1 Å². The van der Waals surface area contributed by atoms with Gasteiger partial charge < -0.3 is 10.6 Å². The molecule has 0 saturated carbocycles. The van der Waals surface area contributed by atoms with Crippen molar-refractivity contribution in [1.82, 2.24) is 20.5 Å². The first kappa shape index (κ1) is 19.0. The number of aryl methyl sites for hydroxylation is 1. The lowest BCUT2D eigenvalue weighted by Crippen LogP contribution is -2.56. The van der Waals surface area contributed by atoms with Crippen LogP contribution in [0.1, 0.15) is 23.2 Å². The van der Waals surface area contributed by atoms with Crippen molar-refractivity contribution in [3.05, 3.63) is 65.2 Å². The fourth-order valence-electron chi connectivity index (χ4n) is 3.07. The molecule has 0 spiro atoms. The molecule has 1 fully saturated rings. The third-order valence-corrected chi connectivity index (χ3v) is 4.64. The highest BCUT2D eigenvalue weighted by atomic mass is 19.1. The number of benzene rings is 1. The van der Waals surface area contributed by atoms with Gasteiger partial charge in [-0.25, -0.2) is 4.39 Å². The van der Waals surface area contributed by atoms with Crippen LogP contribution < -0.4 is 10.6 Å². The van der Waals surface area contributed by atoms with Crippen LogP contribution >= 0.6 is 0 Å². The average Bonchev–Trinajstić information content (AvgIpc) is 2.66. The predicted molar refractivity (Wildman–Crippen MR) is 99.0 cm³/mol. The molecule has 27 heavy (non-hydrogen) atoms. The number of rotatable bonds is 6. The molecule has 6 nitrogen and oxygen atoms in total. The van der Waals surface area contributed by atoms with E-state index in [9.17, 15) is 14.0 Å². The van der Waals surface area contributed by atoms with Crippen molar-refractivity contribution in [3.8, 4) is 0 Å². The summed E-state index contributed by atoms with van der Waals surface area (Å²) in [6, 6.07) is 9.96. The van der Waals surface area contributed by atoms with Crippen molar-refractivity contribution in [3.63, 3.8) is 0 Å². The second-order valence-corrected chi connectivity index (χ2v) is 6.66. The summed E-state index contributed by atoms with van der Waals surface area (Å²) in [7, 11) is 0. The second kappa shape index (κ2) is 8.73. The van der Waals surface area contributed by atoms with E-state index in [2.05, 4.69) is 15.6 Å². The Kier molecular flexibility index (Phi) is 6.13. The molecule has 2 amide bonds. The van der Waals surface area contributed by atoms with E-state index < -0.39 is 6.04 Å². The Morgan fingerprint density at radius 3 is 2.96 bits per heavy atom. The van der Waals surface area contributed by atoms with E-state index in [-0.39, 0.29) is 30.6 Å². The summed E-state index contributed by atoms with van der Waals surface area (Å²) in [5.41, 5.74) is 2.10. The molecule has 0 bridgehead atoms. The first-order valence-corrected chi connectivity index (χ1v) is 8.96. The second-order valence-electron chi connectivity index (χ2n) is 6.66. The molecule has 1 aliphatic heterocycles. The van der Waals surface area contributed by atoms with Gasteiger partial charge in [-0.05, 0) is 36.2 Å².